The number of amides is 1. The highest BCUT2D eigenvalue weighted by Gasteiger charge is 2.21. The van der Waals surface area contributed by atoms with Gasteiger partial charge in [0.1, 0.15) is 6.54 Å². The maximum atomic E-state index is 11.6. The summed E-state index contributed by atoms with van der Waals surface area (Å²) in [6, 6.07) is 8.02. The molecule has 0 atom stereocenters. The fourth-order valence-corrected chi connectivity index (χ4v) is 1.16. The van der Waals surface area contributed by atoms with Gasteiger partial charge in [-0.2, -0.15) is 0 Å². The molecule has 0 aromatic heterocycles. The molecule has 1 amide bonds. The monoisotopic (exact) mass is 221 g/mol. The van der Waals surface area contributed by atoms with E-state index in [2.05, 4.69) is 0 Å². The van der Waals surface area contributed by atoms with Crippen LogP contribution in [0.5, 0.6) is 0 Å². The fraction of sp³-hybridized carbons (Fsp3) is 0.182. The van der Waals surface area contributed by atoms with Crippen molar-refractivity contribution in [3.8, 4) is 0 Å². The summed E-state index contributed by atoms with van der Waals surface area (Å²) in [5, 5.41) is 8.48. The smallest absolute Gasteiger partial charge is 0.323 e. The highest BCUT2D eigenvalue weighted by molar-refractivity contribution is 6.42. The number of carboxylic acids is 1. The van der Waals surface area contributed by atoms with Crippen LogP contribution in [-0.4, -0.2) is 41.3 Å². The van der Waals surface area contributed by atoms with Crippen LogP contribution < -0.4 is 0 Å². The van der Waals surface area contributed by atoms with Crippen molar-refractivity contribution in [3.63, 3.8) is 0 Å². The molecule has 1 rings (SSSR count). The average Bonchev–Trinajstić information content (AvgIpc) is 2.27. The number of carbonyl (C=O) groups is 3. The lowest BCUT2D eigenvalue weighted by atomic mass is 10.1. The number of rotatable bonds is 4. The van der Waals surface area contributed by atoms with Crippen LogP contribution in [0.15, 0.2) is 30.3 Å². The molecule has 0 spiro atoms. The minimum absolute atomic E-state index is 0.254. The van der Waals surface area contributed by atoms with Gasteiger partial charge in [0.2, 0.25) is 5.78 Å². The van der Waals surface area contributed by atoms with Gasteiger partial charge in [-0.25, -0.2) is 0 Å². The summed E-state index contributed by atoms with van der Waals surface area (Å²) in [6.45, 7) is -0.489. The number of likely N-dealkylation sites (N-methyl/N-ethyl adjacent to an activating group) is 1. The molecule has 0 saturated carbocycles. The Balaban J connectivity index is 2.75. The van der Waals surface area contributed by atoms with E-state index in [0.29, 0.717) is 0 Å². The standard InChI is InChI=1S/C11H11NO4/c1-12(7-9(13)14)11(16)10(15)8-5-3-2-4-6-8/h2-6H,7H2,1H3,(H,13,14). The molecule has 0 unspecified atom stereocenters. The molecule has 5 heteroatoms. The molecule has 0 saturated heterocycles. The average molecular weight is 221 g/mol. The predicted octanol–water partition coefficient (Wildman–Crippen LogP) is 0.412. The largest absolute Gasteiger partial charge is 0.480 e. The summed E-state index contributed by atoms with van der Waals surface area (Å²) >= 11 is 0. The number of hydrogen-bond acceptors (Lipinski definition) is 3. The Labute approximate surface area is 92.3 Å². The van der Waals surface area contributed by atoms with E-state index in [0.717, 1.165) is 4.90 Å². The number of aliphatic carboxylic acids is 1. The molecule has 0 heterocycles. The summed E-state index contributed by atoms with van der Waals surface area (Å²) < 4.78 is 0. The maximum absolute atomic E-state index is 11.6. The Morgan fingerprint density at radius 2 is 1.75 bits per heavy atom. The van der Waals surface area contributed by atoms with E-state index in [1.54, 1.807) is 18.2 Å². The molecule has 1 aromatic rings. The van der Waals surface area contributed by atoms with E-state index >= 15 is 0 Å². The molecule has 5 nitrogen and oxygen atoms in total. The van der Waals surface area contributed by atoms with E-state index in [1.165, 1.54) is 19.2 Å². The molecular formula is C11H11NO4. The third-order valence-electron chi connectivity index (χ3n) is 1.95. The number of carbonyl (C=O) groups excluding carboxylic acids is 2. The quantitative estimate of drug-likeness (QED) is 0.590. The first kappa shape index (κ1) is 11.9. The second-order valence-corrected chi connectivity index (χ2v) is 3.25. The van der Waals surface area contributed by atoms with E-state index in [4.69, 9.17) is 5.11 Å². The first-order valence-electron chi connectivity index (χ1n) is 4.59. The number of benzene rings is 1. The maximum Gasteiger partial charge on any atom is 0.323 e. The molecule has 0 aliphatic rings. The van der Waals surface area contributed by atoms with Gasteiger partial charge in [-0.1, -0.05) is 30.3 Å². The minimum Gasteiger partial charge on any atom is -0.480 e. The molecule has 0 fully saturated rings. The van der Waals surface area contributed by atoms with Crippen LogP contribution in [0.25, 0.3) is 0 Å². The summed E-state index contributed by atoms with van der Waals surface area (Å²) in [5.74, 6) is -2.69. The van der Waals surface area contributed by atoms with Crippen LogP contribution in [-0.2, 0) is 9.59 Å². The van der Waals surface area contributed by atoms with E-state index in [1.807, 2.05) is 0 Å². The Hall–Kier alpha value is -2.17. The topological polar surface area (TPSA) is 74.7 Å². The summed E-state index contributed by atoms with van der Waals surface area (Å²) in [7, 11) is 1.28. The highest BCUT2D eigenvalue weighted by atomic mass is 16.4. The van der Waals surface area contributed by atoms with E-state index in [9.17, 15) is 14.4 Å². The summed E-state index contributed by atoms with van der Waals surface area (Å²) in [4.78, 5) is 34.3. The first-order valence-corrected chi connectivity index (χ1v) is 4.59. The Morgan fingerprint density at radius 1 is 1.19 bits per heavy atom. The third kappa shape index (κ3) is 2.91. The number of ketones is 1. The van der Waals surface area contributed by atoms with Crippen LogP contribution in [0, 0.1) is 0 Å². The molecule has 0 radical (unpaired) electrons. The number of carboxylic acid groups (broad SMARTS) is 1. The zero-order chi connectivity index (χ0) is 12.1. The van der Waals surface area contributed by atoms with Crippen LogP contribution in [0.2, 0.25) is 0 Å². The molecule has 0 aliphatic heterocycles. The van der Waals surface area contributed by atoms with Gasteiger partial charge >= 0.3 is 5.97 Å². The van der Waals surface area contributed by atoms with Gasteiger partial charge in [-0.05, 0) is 0 Å². The van der Waals surface area contributed by atoms with Crippen molar-refractivity contribution >= 4 is 17.7 Å². The van der Waals surface area contributed by atoms with Crippen molar-refractivity contribution in [3.05, 3.63) is 35.9 Å². The molecule has 84 valence electrons. The number of nitrogens with zero attached hydrogens (tertiary/aromatic N) is 1. The van der Waals surface area contributed by atoms with Crippen LogP contribution in [0.3, 0.4) is 0 Å². The second kappa shape index (κ2) is 5.06. The lowest BCUT2D eigenvalue weighted by Crippen LogP contribution is -2.36. The molecule has 1 N–H and O–H groups in total. The minimum atomic E-state index is -1.16. The van der Waals surface area contributed by atoms with Crippen molar-refractivity contribution in [2.75, 3.05) is 13.6 Å². The lowest BCUT2D eigenvalue weighted by molar-refractivity contribution is -0.141. The van der Waals surface area contributed by atoms with Crippen molar-refractivity contribution in [2.45, 2.75) is 0 Å². The third-order valence-corrected chi connectivity index (χ3v) is 1.95. The van der Waals surface area contributed by atoms with Gasteiger partial charge in [0, 0.05) is 12.6 Å². The Morgan fingerprint density at radius 3 is 2.25 bits per heavy atom. The first-order chi connectivity index (χ1) is 7.52. The van der Waals surface area contributed by atoms with Crippen molar-refractivity contribution in [2.24, 2.45) is 0 Å². The normalized spacial score (nSPS) is 9.56. The van der Waals surface area contributed by atoms with Gasteiger partial charge in [0.25, 0.3) is 5.91 Å². The van der Waals surface area contributed by atoms with Crippen LogP contribution in [0.1, 0.15) is 10.4 Å². The van der Waals surface area contributed by atoms with Crippen molar-refractivity contribution < 1.29 is 19.5 Å². The van der Waals surface area contributed by atoms with Crippen molar-refractivity contribution in [1.29, 1.82) is 0 Å². The molecular weight excluding hydrogens is 210 g/mol. The SMILES string of the molecule is CN(CC(=O)O)C(=O)C(=O)c1ccccc1. The van der Waals surface area contributed by atoms with Gasteiger partial charge in [-0.3, -0.25) is 14.4 Å². The van der Waals surface area contributed by atoms with Gasteiger partial charge < -0.3 is 10.0 Å². The Bertz CT molecular complexity index is 413. The zero-order valence-electron chi connectivity index (χ0n) is 8.71. The molecule has 0 aliphatic carbocycles. The second-order valence-electron chi connectivity index (χ2n) is 3.25. The predicted molar refractivity (Wildman–Crippen MR) is 56.0 cm³/mol. The molecule has 16 heavy (non-hydrogen) atoms. The van der Waals surface area contributed by atoms with E-state index in [-0.39, 0.29) is 5.56 Å². The molecule has 0 bridgehead atoms. The number of hydrogen-bond donors (Lipinski definition) is 1. The molecule has 1 aromatic carbocycles. The highest BCUT2D eigenvalue weighted by Crippen LogP contribution is 2.02. The van der Waals surface area contributed by atoms with Crippen molar-refractivity contribution in [1.82, 2.24) is 4.90 Å². The zero-order valence-corrected chi connectivity index (χ0v) is 8.71. The van der Waals surface area contributed by atoms with Crippen LogP contribution in [0.4, 0.5) is 0 Å². The summed E-state index contributed by atoms with van der Waals surface area (Å²) in [6.07, 6.45) is 0. The lowest BCUT2D eigenvalue weighted by Gasteiger charge is -2.12. The van der Waals surface area contributed by atoms with Gasteiger partial charge in [-0.15, -0.1) is 0 Å². The van der Waals surface area contributed by atoms with E-state index < -0.39 is 24.2 Å². The Kier molecular flexibility index (Phi) is 3.77. The summed E-state index contributed by atoms with van der Waals surface area (Å²) in [5.41, 5.74) is 0.254. The number of Topliss-reactive ketones (excluding diaryl/α,β-unsaturated/α-hetero) is 1. The fourth-order valence-electron chi connectivity index (χ4n) is 1.16. The van der Waals surface area contributed by atoms with Gasteiger partial charge in [0.05, 0.1) is 0 Å². The van der Waals surface area contributed by atoms with Crippen LogP contribution >= 0.6 is 0 Å². The van der Waals surface area contributed by atoms with Gasteiger partial charge in [0.15, 0.2) is 0 Å².